The number of benzene rings is 2. The van der Waals surface area contributed by atoms with Gasteiger partial charge < -0.3 is 0 Å². The van der Waals surface area contributed by atoms with Crippen molar-refractivity contribution in [3.63, 3.8) is 0 Å². The van der Waals surface area contributed by atoms with E-state index in [0.717, 1.165) is 16.7 Å². The minimum Gasteiger partial charge on any atom is -0.294 e. The Morgan fingerprint density at radius 3 is 2.48 bits per heavy atom. The molecule has 4 rings (SSSR count). The van der Waals surface area contributed by atoms with E-state index in [0.29, 0.717) is 16.8 Å². The Labute approximate surface area is 170 Å². The summed E-state index contributed by atoms with van der Waals surface area (Å²) in [6.07, 6.45) is 3.81. The van der Waals surface area contributed by atoms with Crippen LogP contribution in [0.25, 0.3) is 11.1 Å². The fourth-order valence-electron chi connectivity index (χ4n) is 4.01. The highest BCUT2D eigenvalue weighted by molar-refractivity contribution is 7.93. The summed E-state index contributed by atoms with van der Waals surface area (Å²) in [5.74, 6) is -0.0219. The first-order valence-electron chi connectivity index (χ1n) is 9.47. The first-order chi connectivity index (χ1) is 13.7. The fraction of sp³-hybridized carbons (Fsp3) is 0.273. The standard InChI is InChI=1S/C22H23N3O3S/c1-14-6-5-7-19-20(26)11-16(3)25(22(14)19)29(27,28)21-9-8-17(10-15(21)2)18-12-23-24(4)13-18/h5-10,12-13,16H,11H2,1-4H3/t16-/m0/s1. The van der Waals surface area contributed by atoms with Gasteiger partial charge in [0.2, 0.25) is 0 Å². The van der Waals surface area contributed by atoms with Gasteiger partial charge in [-0.1, -0.05) is 18.2 Å². The number of sulfonamides is 1. The molecule has 1 aliphatic heterocycles. The van der Waals surface area contributed by atoms with Crippen LogP contribution in [0.5, 0.6) is 0 Å². The molecule has 0 saturated carbocycles. The molecule has 3 aromatic rings. The molecule has 150 valence electrons. The minimum atomic E-state index is -3.83. The quantitative estimate of drug-likeness (QED) is 0.658. The fourth-order valence-corrected chi connectivity index (χ4v) is 5.96. The zero-order valence-electron chi connectivity index (χ0n) is 16.9. The summed E-state index contributed by atoms with van der Waals surface area (Å²) in [5.41, 5.74) is 4.23. The molecule has 0 bridgehead atoms. The molecule has 0 aliphatic carbocycles. The van der Waals surface area contributed by atoms with Crippen LogP contribution in [0.3, 0.4) is 0 Å². The third-order valence-corrected chi connectivity index (χ3v) is 7.46. The maximum atomic E-state index is 13.7. The molecular weight excluding hydrogens is 386 g/mol. The smallest absolute Gasteiger partial charge is 0.264 e. The monoisotopic (exact) mass is 409 g/mol. The Bertz CT molecular complexity index is 1230. The molecule has 0 radical (unpaired) electrons. The number of Topliss-reactive ketones (excluding diaryl/α,β-unsaturated/α-hetero) is 1. The summed E-state index contributed by atoms with van der Waals surface area (Å²) >= 11 is 0. The topological polar surface area (TPSA) is 72.3 Å². The van der Waals surface area contributed by atoms with Gasteiger partial charge in [-0.15, -0.1) is 0 Å². The van der Waals surface area contributed by atoms with E-state index in [2.05, 4.69) is 5.10 Å². The largest absolute Gasteiger partial charge is 0.294 e. The lowest BCUT2D eigenvalue weighted by Crippen LogP contribution is -2.44. The highest BCUT2D eigenvalue weighted by atomic mass is 32.2. The third-order valence-electron chi connectivity index (χ3n) is 5.39. The number of aromatic nitrogens is 2. The van der Waals surface area contributed by atoms with Crippen molar-refractivity contribution in [2.75, 3.05) is 4.31 Å². The Balaban J connectivity index is 1.84. The minimum absolute atomic E-state index is 0.0219. The summed E-state index contributed by atoms with van der Waals surface area (Å²) in [4.78, 5) is 12.7. The second-order valence-electron chi connectivity index (χ2n) is 7.63. The number of fused-ring (bicyclic) bond motifs is 1. The summed E-state index contributed by atoms with van der Waals surface area (Å²) in [5, 5.41) is 4.18. The van der Waals surface area contributed by atoms with Crippen molar-refractivity contribution in [3.8, 4) is 11.1 Å². The summed E-state index contributed by atoms with van der Waals surface area (Å²) in [7, 11) is -1.99. The Hall–Kier alpha value is -2.93. The average Bonchev–Trinajstić information content (AvgIpc) is 3.08. The van der Waals surface area contributed by atoms with Gasteiger partial charge in [0.25, 0.3) is 10.0 Å². The molecule has 0 fully saturated rings. The van der Waals surface area contributed by atoms with E-state index >= 15 is 0 Å². The predicted octanol–water partition coefficient (Wildman–Crippen LogP) is 3.87. The first-order valence-corrected chi connectivity index (χ1v) is 10.9. The average molecular weight is 410 g/mol. The second kappa shape index (κ2) is 6.84. The number of hydrogen-bond acceptors (Lipinski definition) is 4. The van der Waals surface area contributed by atoms with Crippen molar-refractivity contribution < 1.29 is 13.2 Å². The number of para-hydroxylation sites is 1. The van der Waals surface area contributed by atoms with Gasteiger partial charge in [0, 0.05) is 36.8 Å². The van der Waals surface area contributed by atoms with Crippen LogP contribution in [-0.2, 0) is 17.1 Å². The summed E-state index contributed by atoms with van der Waals surface area (Å²) < 4.78 is 30.5. The lowest BCUT2D eigenvalue weighted by atomic mass is 9.95. The van der Waals surface area contributed by atoms with E-state index in [1.807, 2.05) is 32.3 Å². The molecule has 0 amide bonds. The predicted molar refractivity (Wildman–Crippen MR) is 113 cm³/mol. The molecule has 2 aromatic carbocycles. The summed E-state index contributed by atoms with van der Waals surface area (Å²) in [6, 6.07) is 10.2. The molecule has 29 heavy (non-hydrogen) atoms. The molecule has 0 saturated heterocycles. The van der Waals surface area contributed by atoms with Crippen LogP contribution in [0.2, 0.25) is 0 Å². The van der Waals surface area contributed by atoms with E-state index in [1.165, 1.54) is 4.31 Å². The zero-order chi connectivity index (χ0) is 20.9. The Kier molecular flexibility index (Phi) is 4.58. The lowest BCUT2D eigenvalue weighted by Gasteiger charge is -2.36. The highest BCUT2D eigenvalue weighted by Gasteiger charge is 2.38. The van der Waals surface area contributed by atoms with Gasteiger partial charge in [-0.05, 0) is 55.7 Å². The molecule has 1 aromatic heterocycles. The molecule has 6 nitrogen and oxygen atoms in total. The van der Waals surface area contributed by atoms with Gasteiger partial charge >= 0.3 is 0 Å². The van der Waals surface area contributed by atoms with Crippen molar-refractivity contribution in [3.05, 3.63) is 65.5 Å². The normalized spacial score (nSPS) is 16.8. The maximum absolute atomic E-state index is 13.7. The molecule has 0 unspecified atom stereocenters. The first kappa shape index (κ1) is 19.4. The van der Waals surface area contributed by atoms with Crippen LogP contribution in [0.15, 0.2) is 53.7 Å². The van der Waals surface area contributed by atoms with Gasteiger partial charge in [0.05, 0.1) is 16.8 Å². The number of carbonyl (C=O) groups excluding carboxylic acids is 1. The number of carbonyl (C=O) groups is 1. The molecular formula is C22H23N3O3S. The van der Waals surface area contributed by atoms with Crippen LogP contribution >= 0.6 is 0 Å². The lowest BCUT2D eigenvalue weighted by molar-refractivity contribution is 0.0972. The summed E-state index contributed by atoms with van der Waals surface area (Å²) in [6.45, 7) is 5.42. The van der Waals surface area contributed by atoms with Crippen molar-refractivity contribution >= 4 is 21.5 Å². The maximum Gasteiger partial charge on any atom is 0.264 e. The van der Waals surface area contributed by atoms with Crippen molar-refractivity contribution in [2.24, 2.45) is 7.05 Å². The number of rotatable bonds is 3. The van der Waals surface area contributed by atoms with Crippen LogP contribution in [0.4, 0.5) is 5.69 Å². The molecule has 0 spiro atoms. The second-order valence-corrected chi connectivity index (χ2v) is 9.41. The van der Waals surface area contributed by atoms with E-state index in [9.17, 15) is 13.2 Å². The number of hydrogen-bond donors (Lipinski definition) is 0. The van der Waals surface area contributed by atoms with Crippen molar-refractivity contribution in [1.29, 1.82) is 0 Å². The van der Waals surface area contributed by atoms with Crippen LogP contribution < -0.4 is 4.31 Å². The third kappa shape index (κ3) is 3.15. The van der Waals surface area contributed by atoms with E-state index in [-0.39, 0.29) is 17.1 Å². The van der Waals surface area contributed by atoms with Gasteiger partial charge in [-0.25, -0.2) is 8.42 Å². The van der Waals surface area contributed by atoms with Crippen LogP contribution in [0.1, 0.15) is 34.8 Å². The number of nitrogens with zero attached hydrogens (tertiary/aromatic N) is 3. The van der Waals surface area contributed by atoms with Crippen LogP contribution in [0, 0.1) is 13.8 Å². The van der Waals surface area contributed by atoms with E-state index in [1.54, 1.807) is 49.0 Å². The highest BCUT2D eigenvalue weighted by Crippen LogP contribution is 2.38. The molecule has 0 N–H and O–H groups in total. The van der Waals surface area contributed by atoms with E-state index in [4.69, 9.17) is 0 Å². The van der Waals surface area contributed by atoms with E-state index < -0.39 is 16.1 Å². The molecule has 2 heterocycles. The number of anilines is 1. The Morgan fingerprint density at radius 1 is 1.07 bits per heavy atom. The zero-order valence-corrected chi connectivity index (χ0v) is 17.7. The number of aryl methyl sites for hydroxylation is 3. The van der Waals surface area contributed by atoms with Crippen molar-refractivity contribution in [2.45, 2.75) is 38.1 Å². The van der Waals surface area contributed by atoms with Gasteiger partial charge in [0.1, 0.15) is 0 Å². The van der Waals surface area contributed by atoms with Gasteiger partial charge in [-0.3, -0.25) is 13.8 Å². The molecule has 1 atom stereocenters. The molecule has 1 aliphatic rings. The molecule has 7 heteroatoms. The van der Waals surface area contributed by atoms with Crippen molar-refractivity contribution in [1.82, 2.24) is 9.78 Å². The number of ketones is 1. The Morgan fingerprint density at radius 2 is 1.83 bits per heavy atom. The SMILES string of the molecule is Cc1cc(-c2cnn(C)c2)ccc1S(=O)(=O)N1c2c(C)cccc2C(=O)C[C@@H]1C. The van der Waals surface area contributed by atoms with Gasteiger partial charge in [-0.2, -0.15) is 5.10 Å². The van der Waals surface area contributed by atoms with Gasteiger partial charge in [0.15, 0.2) is 5.78 Å². The van der Waals surface area contributed by atoms with Crippen LogP contribution in [-0.4, -0.2) is 30.0 Å².